The first-order chi connectivity index (χ1) is 15.4. The number of hydrogen-bond donors (Lipinski definition) is 0. The van der Waals surface area contributed by atoms with Crippen molar-refractivity contribution in [2.45, 2.75) is 29.6 Å². The monoisotopic (exact) mass is 477 g/mol. The highest BCUT2D eigenvalue weighted by Crippen LogP contribution is 2.23. The highest BCUT2D eigenvalue weighted by Gasteiger charge is 2.27. The van der Waals surface area contributed by atoms with E-state index >= 15 is 0 Å². The molecule has 1 fully saturated rings. The fraction of sp³-hybridized carbons (Fsp3) is 0.286. The molecule has 168 valence electrons. The summed E-state index contributed by atoms with van der Waals surface area (Å²) < 4.78 is 50.4. The molecule has 1 aliphatic heterocycles. The first kappa shape index (κ1) is 22.4. The SMILES string of the molecule is O=C(CSc1nnc(COc2ccc(F)cc2)o1)c1ccc(S(=O)(=O)N2CCCC2)cc1. The van der Waals surface area contributed by atoms with Crippen LogP contribution in [0.2, 0.25) is 0 Å². The Morgan fingerprint density at radius 1 is 1.06 bits per heavy atom. The van der Waals surface area contributed by atoms with Crippen molar-refractivity contribution in [3.8, 4) is 5.75 Å². The molecule has 0 amide bonds. The van der Waals surface area contributed by atoms with Gasteiger partial charge in [0, 0.05) is 18.7 Å². The lowest BCUT2D eigenvalue weighted by Crippen LogP contribution is -2.27. The molecular formula is C21H20FN3O5S2. The number of carbonyl (C=O) groups excluding carboxylic acids is 1. The molecule has 1 saturated heterocycles. The second-order valence-corrected chi connectivity index (χ2v) is 9.92. The Morgan fingerprint density at radius 3 is 2.44 bits per heavy atom. The predicted molar refractivity (Wildman–Crippen MR) is 115 cm³/mol. The van der Waals surface area contributed by atoms with E-state index in [4.69, 9.17) is 9.15 Å². The Kier molecular flexibility index (Phi) is 6.87. The Balaban J connectivity index is 1.29. The first-order valence-corrected chi connectivity index (χ1v) is 12.3. The van der Waals surface area contributed by atoms with Crippen molar-refractivity contribution in [3.05, 3.63) is 65.8 Å². The van der Waals surface area contributed by atoms with Gasteiger partial charge in [0.05, 0.1) is 10.6 Å². The molecule has 1 aromatic heterocycles. The minimum atomic E-state index is -3.51. The van der Waals surface area contributed by atoms with E-state index in [2.05, 4.69) is 10.2 Å². The van der Waals surface area contributed by atoms with E-state index in [1.807, 2.05) is 0 Å². The second kappa shape index (κ2) is 9.80. The zero-order valence-electron chi connectivity index (χ0n) is 16.9. The van der Waals surface area contributed by atoms with E-state index in [1.54, 1.807) is 0 Å². The van der Waals surface area contributed by atoms with Gasteiger partial charge in [0.2, 0.25) is 10.0 Å². The molecule has 32 heavy (non-hydrogen) atoms. The number of rotatable bonds is 9. The molecule has 0 spiro atoms. The summed E-state index contributed by atoms with van der Waals surface area (Å²) in [7, 11) is -3.51. The molecule has 0 unspecified atom stereocenters. The topological polar surface area (TPSA) is 103 Å². The summed E-state index contributed by atoms with van der Waals surface area (Å²) in [6, 6.07) is 11.5. The summed E-state index contributed by atoms with van der Waals surface area (Å²) in [5.41, 5.74) is 0.400. The van der Waals surface area contributed by atoms with Gasteiger partial charge < -0.3 is 9.15 Å². The molecule has 0 atom stereocenters. The summed E-state index contributed by atoms with van der Waals surface area (Å²) in [6.07, 6.45) is 1.73. The van der Waals surface area contributed by atoms with Gasteiger partial charge in [-0.3, -0.25) is 4.79 Å². The molecule has 2 aromatic carbocycles. The van der Waals surface area contributed by atoms with E-state index in [-0.39, 0.29) is 40.0 Å². The van der Waals surface area contributed by atoms with Gasteiger partial charge >= 0.3 is 0 Å². The van der Waals surface area contributed by atoms with Crippen LogP contribution in [0.5, 0.6) is 5.75 Å². The summed E-state index contributed by atoms with van der Waals surface area (Å²) >= 11 is 1.08. The van der Waals surface area contributed by atoms with Crippen LogP contribution in [-0.2, 0) is 16.6 Å². The van der Waals surface area contributed by atoms with Gasteiger partial charge in [-0.25, -0.2) is 12.8 Å². The minimum Gasteiger partial charge on any atom is -0.484 e. The molecule has 2 heterocycles. The smallest absolute Gasteiger partial charge is 0.277 e. The number of carbonyl (C=O) groups is 1. The lowest BCUT2D eigenvalue weighted by Gasteiger charge is -2.15. The summed E-state index contributed by atoms with van der Waals surface area (Å²) in [5.74, 6) is 0.187. The van der Waals surface area contributed by atoms with Gasteiger partial charge in [-0.15, -0.1) is 10.2 Å². The molecule has 0 saturated carbocycles. The van der Waals surface area contributed by atoms with Crippen molar-refractivity contribution < 1.29 is 26.8 Å². The number of sulfonamides is 1. The third kappa shape index (κ3) is 5.34. The molecule has 0 bridgehead atoms. The Bertz CT molecular complexity index is 1170. The maximum Gasteiger partial charge on any atom is 0.277 e. The van der Waals surface area contributed by atoms with Crippen molar-refractivity contribution in [1.82, 2.24) is 14.5 Å². The molecule has 0 aliphatic carbocycles. The maximum atomic E-state index is 12.9. The third-order valence-corrected chi connectivity index (χ3v) is 7.56. The Morgan fingerprint density at radius 2 is 1.75 bits per heavy atom. The van der Waals surface area contributed by atoms with Crippen molar-refractivity contribution in [2.24, 2.45) is 0 Å². The van der Waals surface area contributed by atoms with Crippen LogP contribution in [0.1, 0.15) is 29.1 Å². The largest absolute Gasteiger partial charge is 0.484 e. The van der Waals surface area contributed by atoms with Crippen molar-refractivity contribution in [3.63, 3.8) is 0 Å². The van der Waals surface area contributed by atoms with E-state index in [0.29, 0.717) is 24.4 Å². The number of ether oxygens (including phenoxy) is 1. The standard InChI is InChI=1S/C21H20FN3O5S2/c22-16-5-7-17(8-6-16)29-13-20-23-24-21(30-20)31-14-19(26)15-3-9-18(10-4-15)32(27,28)25-11-1-2-12-25/h3-10H,1-2,11-14H2. The van der Waals surface area contributed by atoms with Crippen molar-refractivity contribution in [1.29, 1.82) is 0 Å². The lowest BCUT2D eigenvalue weighted by molar-refractivity contribution is 0.102. The highest BCUT2D eigenvalue weighted by molar-refractivity contribution is 7.99. The van der Waals surface area contributed by atoms with Gasteiger partial charge in [0.1, 0.15) is 11.6 Å². The number of nitrogens with zero attached hydrogens (tertiary/aromatic N) is 3. The molecule has 0 N–H and O–H groups in total. The quantitative estimate of drug-likeness (QED) is 0.341. The number of ketones is 1. The summed E-state index contributed by atoms with van der Waals surface area (Å²) in [6.45, 7) is 1.07. The number of benzene rings is 2. The fourth-order valence-corrected chi connectivity index (χ4v) is 5.32. The average molecular weight is 478 g/mol. The average Bonchev–Trinajstić information content (AvgIpc) is 3.50. The highest BCUT2D eigenvalue weighted by atomic mass is 32.2. The molecule has 11 heteroatoms. The van der Waals surface area contributed by atoms with E-state index < -0.39 is 10.0 Å². The number of halogens is 1. The molecule has 3 aromatic rings. The zero-order valence-corrected chi connectivity index (χ0v) is 18.6. The minimum absolute atomic E-state index is 0.0140. The van der Waals surface area contributed by atoms with Crippen molar-refractivity contribution in [2.75, 3.05) is 18.8 Å². The van der Waals surface area contributed by atoms with Crippen LogP contribution < -0.4 is 4.74 Å². The predicted octanol–water partition coefficient (Wildman–Crippen LogP) is 3.55. The number of hydrogen-bond acceptors (Lipinski definition) is 8. The Hall–Kier alpha value is -2.76. The van der Waals surface area contributed by atoms with Gasteiger partial charge in [-0.2, -0.15) is 4.31 Å². The molecule has 1 aliphatic rings. The van der Waals surface area contributed by atoms with E-state index in [0.717, 1.165) is 24.6 Å². The van der Waals surface area contributed by atoms with Gasteiger partial charge in [-0.05, 0) is 49.2 Å². The summed E-state index contributed by atoms with van der Waals surface area (Å²) in [4.78, 5) is 12.6. The number of thioether (sulfide) groups is 1. The van der Waals surface area contributed by atoms with Crippen LogP contribution in [0.15, 0.2) is 63.1 Å². The van der Waals surface area contributed by atoms with Gasteiger partial charge in [0.25, 0.3) is 11.1 Å². The zero-order chi connectivity index (χ0) is 22.6. The van der Waals surface area contributed by atoms with Gasteiger partial charge in [-0.1, -0.05) is 23.9 Å². The number of aromatic nitrogens is 2. The molecular weight excluding hydrogens is 457 g/mol. The van der Waals surface area contributed by atoms with Crippen molar-refractivity contribution >= 4 is 27.6 Å². The second-order valence-electron chi connectivity index (χ2n) is 7.05. The molecule has 8 nitrogen and oxygen atoms in total. The fourth-order valence-electron chi connectivity index (χ4n) is 3.13. The molecule has 0 radical (unpaired) electrons. The van der Waals surface area contributed by atoms with Crippen LogP contribution in [0, 0.1) is 5.82 Å². The number of Topliss-reactive ketones (excluding diaryl/α,β-unsaturated/α-hetero) is 1. The Labute approximate surface area is 188 Å². The van der Waals surface area contributed by atoms with Gasteiger partial charge in [0.15, 0.2) is 12.4 Å². The van der Waals surface area contributed by atoms with E-state index in [9.17, 15) is 17.6 Å². The van der Waals surface area contributed by atoms with Crippen LogP contribution in [0.25, 0.3) is 0 Å². The first-order valence-electron chi connectivity index (χ1n) is 9.89. The molecule has 4 rings (SSSR count). The van der Waals surface area contributed by atoms with Crippen LogP contribution in [0.3, 0.4) is 0 Å². The summed E-state index contributed by atoms with van der Waals surface area (Å²) in [5, 5.41) is 7.94. The van der Waals surface area contributed by atoms with Crippen LogP contribution in [-0.4, -0.2) is 47.5 Å². The third-order valence-electron chi connectivity index (χ3n) is 4.83. The van der Waals surface area contributed by atoms with Crippen LogP contribution in [0.4, 0.5) is 4.39 Å². The maximum absolute atomic E-state index is 12.9. The van der Waals surface area contributed by atoms with E-state index in [1.165, 1.54) is 52.8 Å². The lowest BCUT2D eigenvalue weighted by atomic mass is 10.1. The van der Waals surface area contributed by atoms with Crippen LogP contribution >= 0.6 is 11.8 Å². The normalized spacial score (nSPS) is 14.5.